The van der Waals surface area contributed by atoms with E-state index in [9.17, 15) is 13.2 Å². The Bertz CT molecular complexity index is 1410. The molecule has 11 heteroatoms. The van der Waals surface area contributed by atoms with Gasteiger partial charge in [0.25, 0.3) is 0 Å². The number of nitrogens with one attached hydrogen (secondary N) is 2. The average Bonchev–Trinajstić information content (AvgIpc) is 3.44. The molecule has 2 fully saturated rings. The number of hydrogen-bond acceptors (Lipinski definition) is 8. The lowest BCUT2D eigenvalue weighted by atomic mass is 9.86. The molecule has 2 aliphatic carbocycles. The molecule has 2 N–H and O–H groups in total. The summed E-state index contributed by atoms with van der Waals surface area (Å²) in [4.78, 5) is 17.9. The number of benzene rings is 1. The van der Waals surface area contributed by atoms with E-state index < -0.39 is 9.84 Å². The van der Waals surface area contributed by atoms with Crippen LogP contribution in [0.5, 0.6) is 0 Å². The second kappa shape index (κ2) is 11.3. The second-order valence-electron chi connectivity index (χ2n) is 10.9. The molecule has 0 atom stereocenters. The molecular weight excluding hydrogens is 534 g/mol. The van der Waals surface area contributed by atoms with Crippen molar-refractivity contribution in [2.75, 3.05) is 5.32 Å². The maximum atomic E-state index is 13.7. The number of aryl methyl sites for hydroxylation is 2. The van der Waals surface area contributed by atoms with E-state index in [2.05, 4.69) is 15.7 Å². The lowest BCUT2D eigenvalue weighted by molar-refractivity contribution is 0.109. The quantitative estimate of drug-likeness (QED) is 0.337. The first-order valence-electron chi connectivity index (χ1n) is 13.7. The summed E-state index contributed by atoms with van der Waals surface area (Å²) in [5.74, 6) is 0.973. The lowest BCUT2D eigenvalue weighted by Gasteiger charge is -2.28. The Kier molecular flexibility index (Phi) is 8.00. The molecule has 0 spiro atoms. The van der Waals surface area contributed by atoms with Crippen molar-refractivity contribution in [2.45, 2.75) is 93.9 Å². The van der Waals surface area contributed by atoms with Crippen LogP contribution < -0.4 is 10.6 Å². The zero-order valence-corrected chi connectivity index (χ0v) is 24.6. The van der Waals surface area contributed by atoms with Gasteiger partial charge in [0.15, 0.2) is 15.7 Å². The summed E-state index contributed by atoms with van der Waals surface area (Å²) in [7, 11) is -1.60. The van der Waals surface area contributed by atoms with Gasteiger partial charge in [-0.25, -0.2) is 18.2 Å². The van der Waals surface area contributed by atoms with Gasteiger partial charge < -0.3 is 15.4 Å². The van der Waals surface area contributed by atoms with Gasteiger partial charge in [0, 0.05) is 48.2 Å². The summed E-state index contributed by atoms with van der Waals surface area (Å²) in [6.07, 6.45) is 7.22. The first kappa shape index (κ1) is 27.6. The third-order valence-electron chi connectivity index (χ3n) is 7.70. The maximum absolute atomic E-state index is 13.7. The van der Waals surface area contributed by atoms with Crippen LogP contribution in [0.1, 0.15) is 75.4 Å². The van der Waals surface area contributed by atoms with E-state index in [1.807, 2.05) is 52.2 Å². The Morgan fingerprint density at radius 2 is 1.87 bits per heavy atom. The van der Waals surface area contributed by atoms with Crippen molar-refractivity contribution in [3.05, 3.63) is 41.2 Å². The molecule has 1 amide bonds. The predicted octanol–water partition coefficient (Wildman–Crippen LogP) is 6.08. The number of carbonyl (C=O) groups excluding carboxylic acids is 1. The van der Waals surface area contributed by atoms with E-state index in [1.54, 1.807) is 22.1 Å². The molecule has 0 radical (unpaired) electrons. The highest BCUT2D eigenvalue weighted by molar-refractivity contribution is 7.92. The van der Waals surface area contributed by atoms with Crippen molar-refractivity contribution >= 4 is 38.8 Å². The molecule has 3 aromatic rings. The molecule has 39 heavy (non-hydrogen) atoms. The van der Waals surface area contributed by atoms with Crippen LogP contribution in [0.2, 0.25) is 0 Å². The van der Waals surface area contributed by atoms with Gasteiger partial charge in [0.2, 0.25) is 0 Å². The minimum atomic E-state index is -3.48. The average molecular weight is 572 g/mol. The summed E-state index contributed by atoms with van der Waals surface area (Å²) in [6.45, 7) is 5.65. The predicted molar refractivity (Wildman–Crippen MR) is 153 cm³/mol. The van der Waals surface area contributed by atoms with Gasteiger partial charge in [-0.1, -0.05) is 12.5 Å². The fourth-order valence-corrected chi connectivity index (χ4v) is 8.45. The number of hydrogen-bond donors (Lipinski definition) is 2. The van der Waals surface area contributed by atoms with Gasteiger partial charge in [0.05, 0.1) is 26.1 Å². The van der Waals surface area contributed by atoms with Crippen molar-refractivity contribution in [2.24, 2.45) is 7.05 Å². The molecule has 0 bridgehead atoms. The summed E-state index contributed by atoms with van der Waals surface area (Å²) in [6, 6.07) is 7.59. The molecule has 0 saturated heterocycles. The zero-order valence-electron chi connectivity index (χ0n) is 22.9. The number of alkyl carbamates (subject to hydrolysis) is 1. The summed E-state index contributed by atoms with van der Waals surface area (Å²) >= 11 is 1.58. The SMILES string of the molecule is Cc1cc(Nc2ccc(-c3cnc([C@H]4CC[C@H](NC(=O)OC(C)C)CC4)s3)c(S(=O)(=O)C3CCC3)c2)nn1C. The Morgan fingerprint density at radius 3 is 2.49 bits per heavy atom. The van der Waals surface area contributed by atoms with Crippen LogP contribution >= 0.6 is 11.3 Å². The molecule has 5 rings (SSSR count). The Balaban J connectivity index is 1.35. The highest BCUT2D eigenvalue weighted by Gasteiger charge is 2.35. The van der Waals surface area contributed by atoms with Crippen molar-refractivity contribution in [1.82, 2.24) is 20.1 Å². The van der Waals surface area contributed by atoms with E-state index in [4.69, 9.17) is 9.72 Å². The molecule has 210 valence electrons. The number of aromatic nitrogens is 3. The normalized spacial score (nSPS) is 20.0. The number of ether oxygens (including phenoxy) is 1. The van der Waals surface area contributed by atoms with Crippen molar-refractivity contribution < 1.29 is 17.9 Å². The third-order valence-corrected chi connectivity index (χ3v) is 11.2. The summed E-state index contributed by atoms with van der Waals surface area (Å²) < 4.78 is 34.3. The van der Waals surface area contributed by atoms with Crippen LogP contribution in [0.3, 0.4) is 0 Å². The lowest BCUT2D eigenvalue weighted by Crippen LogP contribution is -2.38. The second-order valence-corrected chi connectivity index (χ2v) is 14.2. The van der Waals surface area contributed by atoms with Gasteiger partial charge in [-0.15, -0.1) is 11.3 Å². The molecule has 1 aromatic carbocycles. The fourth-order valence-electron chi connectivity index (χ4n) is 5.17. The summed E-state index contributed by atoms with van der Waals surface area (Å²) in [5, 5.41) is 11.4. The minimum absolute atomic E-state index is 0.106. The first-order chi connectivity index (χ1) is 18.6. The van der Waals surface area contributed by atoms with E-state index in [0.717, 1.165) is 47.7 Å². The molecular formula is C28H37N5O4S2. The molecule has 9 nitrogen and oxygen atoms in total. The van der Waals surface area contributed by atoms with E-state index >= 15 is 0 Å². The Labute approximate surface area is 234 Å². The highest BCUT2D eigenvalue weighted by atomic mass is 32.2. The number of amides is 1. The minimum Gasteiger partial charge on any atom is -0.447 e. The fraction of sp³-hybridized carbons (Fsp3) is 0.536. The van der Waals surface area contributed by atoms with E-state index in [-0.39, 0.29) is 23.5 Å². The van der Waals surface area contributed by atoms with E-state index in [1.165, 1.54) is 0 Å². The maximum Gasteiger partial charge on any atom is 0.407 e. The first-order valence-corrected chi connectivity index (χ1v) is 16.1. The van der Waals surface area contributed by atoms with Crippen LogP contribution in [0.4, 0.5) is 16.3 Å². The number of carbonyl (C=O) groups is 1. The number of sulfone groups is 1. The number of thiazole rings is 1. The van der Waals surface area contributed by atoms with Crippen LogP contribution in [-0.2, 0) is 21.6 Å². The monoisotopic (exact) mass is 571 g/mol. The molecule has 0 aliphatic heterocycles. The smallest absolute Gasteiger partial charge is 0.407 e. The van der Waals surface area contributed by atoms with Crippen LogP contribution in [0.25, 0.3) is 10.4 Å². The topological polar surface area (TPSA) is 115 Å². The number of nitrogens with zero attached hydrogens (tertiary/aromatic N) is 3. The Morgan fingerprint density at radius 1 is 1.13 bits per heavy atom. The van der Waals surface area contributed by atoms with Crippen molar-refractivity contribution in [1.29, 1.82) is 0 Å². The number of rotatable bonds is 8. The van der Waals surface area contributed by atoms with E-state index in [0.29, 0.717) is 40.7 Å². The standard InChI is InChI=1S/C28H37N5O4S2/c1-17(2)37-28(34)31-20-10-8-19(9-11-20)27-29-16-24(38-27)23-13-12-21(30-26-14-18(3)33(4)32-26)15-25(23)39(35,36)22-6-5-7-22/h12-17,19-20,22H,5-11H2,1-4H3,(H,30,32)(H,31,34)/t19-,20-. The van der Waals surface area contributed by atoms with Gasteiger partial charge >= 0.3 is 6.09 Å². The van der Waals surface area contributed by atoms with Gasteiger partial charge in [-0.3, -0.25) is 4.68 Å². The molecule has 0 unspecified atom stereocenters. The zero-order chi connectivity index (χ0) is 27.7. The molecule has 2 aromatic heterocycles. The van der Waals surface area contributed by atoms with Gasteiger partial charge in [0.1, 0.15) is 0 Å². The van der Waals surface area contributed by atoms with Gasteiger partial charge in [-0.05, 0) is 71.4 Å². The third kappa shape index (κ3) is 6.14. The van der Waals surface area contributed by atoms with Crippen LogP contribution in [0.15, 0.2) is 35.4 Å². The van der Waals surface area contributed by atoms with Crippen molar-refractivity contribution in [3.63, 3.8) is 0 Å². The Hall–Kier alpha value is -2.92. The van der Waals surface area contributed by atoms with Crippen molar-refractivity contribution in [3.8, 4) is 10.4 Å². The molecule has 2 saturated carbocycles. The van der Waals surface area contributed by atoms with Gasteiger partial charge in [-0.2, -0.15) is 5.10 Å². The molecule has 2 aliphatic rings. The largest absolute Gasteiger partial charge is 0.447 e. The van der Waals surface area contributed by atoms with Crippen LogP contribution in [-0.4, -0.2) is 46.7 Å². The summed E-state index contributed by atoms with van der Waals surface area (Å²) in [5.41, 5.74) is 2.41. The molecule has 2 heterocycles. The van der Waals surface area contributed by atoms with Crippen LogP contribution in [0, 0.1) is 6.92 Å². The highest BCUT2D eigenvalue weighted by Crippen LogP contribution is 2.42. The number of anilines is 2.